The second kappa shape index (κ2) is 8.22. The number of hydrogen-bond donors (Lipinski definition) is 1. The number of carbonyl (C=O) groups excluding carboxylic acids is 2. The maximum Gasteiger partial charge on any atom is 0.308 e. The van der Waals surface area contributed by atoms with Crippen molar-refractivity contribution in [2.75, 3.05) is 13.7 Å². The molecule has 0 aliphatic heterocycles. The first-order valence-electron chi connectivity index (χ1n) is 7.17. The molecule has 0 heterocycles. The van der Waals surface area contributed by atoms with Crippen LogP contribution in [0.25, 0.3) is 5.57 Å². The van der Waals surface area contributed by atoms with Gasteiger partial charge >= 0.3 is 11.9 Å². The Labute approximate surface area is 135 Å². The zero-order valence-electron chi connectivity index (χ0n) is 14.0. The topological polar surface area (TPSA) is 82.1 Å². The van der Waals surface area contributed by atoms with Crippen LogP contribution in [0.4, 0.5) is 0 Å². The van der Waals surface area contributed by atoms with Gasteiger partial charge in [-0.05, 0) is 24.6 Å². The van der Waals surface area contributed by atoms with Crippen LogP contribution < -0.4 is 4.74 Å². The second-order valence-electron chi connectivity index (χ2n) is 5.35. The van der Waals surface area contributed by atoms with E-state index in [1.165, 1.54) is 26.4 Å². The predicted octanol–water partition coefficient (Wildman–Crippen LogP) is 2.81. The molecule has 1 N–H and O–H groups in total. The van der Waals surface area contributed by atoms with Crippen molar-refractivity contribution in [1.82, 2.24) is 0 Å². The summed E-state index contributed by atoms with van der Waals surface area (Å²) in [4.78, 5) is 22.7. The molecule has 126 valence electrons. The number of aryl methyl sites for hydroxylation is 1. The molecule has 0 spiro atoms. The van der Waals surface area contributed by atoms with Crippen molar-refractivity contribution in [2.24, 2.45) is 5.92 Å². The Balaban J connectivity index is 3.16. The minimum atomic E-state index is -0.517. The molecule has 1 aromatic rings. The lowest BCUT2D eigenvalue weighted by Gasteiger charge is -2.14. The molecule has 6 heteroatoms. The van der Waals surface area contributed by atoms with Crippen LogP contribution in [0, 0.1) is 12.8 Å². The molecule has 0 saturated heterocycles. The van der Waals surface area contributed by atoms with Crippen LogP contribution in [0.15, 0.2) is 18.4 Å². The molecule has 0 aromatic heterocycles. The van der Waals surface area contributed by atoms with Crippen LogP contribution in [-0.2, 0) is 19.1 Å². The molecule has 6 nitrogen and oxygen atoms in total. The van der Waals surface area contributed by atoms with Gasteiger partial charge in [0.15, 0.2) is 0 Å². The molecule has 0 fully saturated rings. The minimum Gasteiger partial charge on any atom is -0.507 e. The summed E-state index contributed by atoms with van der Waals surface area (Å²) in [6.45, 7) is 6.33. The Kier molecular flexibility index (Phi) is 6.63. The van der Waals surface area contributed by atoms with E-state index in [9.17, 15) is 14.7 Å². The van der Waals surface area contributed by atoms with Gasteiger partial charge in [-0.25, -0.2) is 0 Å². The van der Waals surface area contributed by atoms with Crippen LogP contribution in [0.3, 0.4) is 0 Å². The molecule has 0 aliphatic carbocycles. The van der Waals surface area contributed by atoms with Crippen molar-refractivity contribution in [3.8, 4) is 11.5 Å². The monoisotopic (exact) mass is 322 g/mol. The Hall–Kier alpha value is -2.50. The molecule has 0 aliphatic rings. The molecule has 0 bridgehead atoms. The van der Waals surface area contributed by atoms with Gasteiger partial charge in [0.2, 0.25) is 0 Å². The van der Waals surface area contributed by atoms with Crippen molar-refractivity contribution in [3.05, 3.63) is 29.5 Å². The van der Waals surface area contributed by atoms with E-state index in [0.29, 0.717) is 16.9 Å². The highest BCUT2D eigenvalue weighted by Gasteiger charge is 2.16. The van der Waals surface area contributed by atoms with Crippen LogP contribution in [0.2, 0.25) is 0 Å². The molecule has 0 saturated carbocycles. The van der Waals surface area contributed by atoms with E-state index < -0.39 is 11.9 Å². The van der Waals surface area contributed by atoms with Crippen LogP contribution >= 0.6 is 0 Å². The average Bonchev–Trinajstić information content (AvgIpc) is 2.47. The zero-order chi connectivity index (χ0) is 17.6. The van der Waals surface area contributed by atoms with Crippen molar-refractivity contribution >= 4 is 17.5 Å². The fourth-order valence-electron chi connectivity index (χ4n) is 1.79. The normalized spacial score (nSPS) is 11.3. The Morgan fingerprint density at radius 1 is 1.30 bits per heavy atom. The van der Waals surface area contributed by atoms with Gasteiger partial charge in [-0.3, -0.25) is 9.59 Å². The number of phenols is 1. The van der Waals surface area contributed by atoms with E-state index in [4.69, 9.17) is 14.2 Å². The Morgan fingerprint density at radius 2 is 1.96 bits per heavy atom. The lowest BCUT2D eigenvalue weighted by atomic mass is 10.0. The summed E-state index contributed by atoms with van der Waals surface area (Å²) in [5, 5.41) is 10.1. The fourth-order valence-corrected chi connectivity index (χ4v) is 1.79. The molecule has 1 aromatic carbocycles. The summed E-state index contributed by atoms with van der Waals surface area (Å²) in [7, 11) is 1.51. The number of benzene rings is 1. The number of methoxy groups -OCH3 is 1. The van der Waals surface area contributed by atoms with Gasteiger partial charge in [-0.2, -0.15) is 0 Å². The SMILES string of the molecule is COc1cc(C(=COC(C)=O)COC(=O)C(C)C)c(O)cc1C. The summed E-state index contributed by atoms with van der Waals surface area (Å²) >= 11 is 0. The number of rotatable bonds is 6. The Bertz CT molecular complexity index is 616. The summed E-state index contributed by atoms with van der Waals surface area (Å²) in [6.07, 6.45) is 1.17. The quantitative estimate of drug-likeness (QED) is 0.640. The number of esters is 2. The third kappa shape index (κ3) is 5.32. The first-order valence-corrected chi connectivity index (χ1v) is 7.17. The standard InChI is InChI=1S/C17H22O6/c1-10(2)17(20)23-9-13(8-22-12(4)18)14-7-16(21-5)11(3)6-15(14)19/h6-8,10,19H,9H2,1-5H3. The summed E-state index contributed by atoms with van der Waals surface area (Å²) in [5.74, 6) is -0.663. The highest BCUT2D eigenvalue weighted by molar-refractivity contribution is 5.77. The van der Waals surface area contributed by atoms with Crippen molar-refractivity contribution in [2.45, 2.75) is 27.7 Å². The zero-order valence-corrected chi connectivity index (χ0v) is 14.0. The van der Waals surface area contributed by atoms with E-state index in [-0.39, 0.29) is 18.3 Å². The molecule has 0 radical (unpaired) electrons. The third-order valence-corrected chi connectivity index (χ3v) is 3.07. The Morgan fingerprint density at radius 3 is 2.48 bits per heavy atom. The number of aromatic hydroxyl groups is 1. The number of ether oxygens (including phenoxy) is 3. The summed E-state index contributed by atoms with van der Waals surface area (Å²) in [5.41, 5.74) is 1.47. The number of carbonyl (C=O) groups is 2. The maximum absolute atomic E-state index is 11.6. The third-order valence-electron chi connectivity index (χ3n) is 3.07. The van der Waals surface area contributed by atoms with E-state index in [0.717, 1.165) is 5.56 Å². The first kappa shape index (κ1) is 18.5. The van der Waals surface area contributed by atoms with Gasteiger partial charge in [0, 0.05) is 18.1 Å². The van der Waals surface area contributed by atoms with Crippen LogP contribution in [-0.4, -0.2) is 30.8 Å². The lowest BCUT2D eigenvalue weighted by molar-refractivity contribution is -0.145. The van der Waals surface area contributed by atoms with Crippen molar-refractivity contribution in [3.63, 3.8) is 0 Å². The minimum absolute atomic E-state index is 0.0257. The number of phenolic OH excluding ortho intramolecular Hbond substituents is 1. The van der Waals surface area contributed by atoms with Gasteiger partial charge < -0.3 is 19.3 Å². The summed E-state index contributed by atoms with van der Waals surface area (Å²) < 4.78 is 15.3. The van der Waals surface area contributed by atoms with Crippen LogP contribution in [0.1, 0.15) is 31.9 Å². The second-order valence-corrected chi connectivity index (χ2v) is 5.35. The van der Waals surface area contributed by atoms with E-state index in [1.807, 2.05) is 0 Å². The molecular weight excluding hydrogens is 300 g/mol. The fraction of sp³-hybridized carbons (Fsp3) is 0.412. The van der Waals surface area contributed by atoms with E-state index >= 15 is 0 Å². The smallest absolute Gasteiger partial charge is 0.308 e. The van der Waals surface area contributed by atoms with Crippen LogP contribution in [0.5, 0.6) is 11.5 Å². The molecule has 0 atom stereocenters. The first-order chi connectivity index (χ1) is 10.8. The largest absolute Gasteiger partial charge is 0.507 e. The van der Waals surface area contributed by atoms with Crippen molar-refractivity contribution < 1.29 is 28.9 Å². The van der Waals surface area contributed by atoms with Gasteiger partial charge in [0.05, 0.1) is 13.0 Å². The van der Waals surface area contributed by atoms with Crippen molar-refractivity contribution in [1.29, 1.82) is 0 Å². The highest BCUT2D eigenvalue weighted by Crippen LogP contribution is 2.32. The molecular formula is C17H22O6. The van der Waals surface area contributed by atoms with Gasteiger partial charge in [-0.1, -0.05) is 13.8 Å². The number of hydrogen-bond acceptors (Lipinski definition) is 6. The average molecular weight is 322 g/mol. The van der Waals surface area contributed by atoms with E-state index in [2.05, 4.69) is 0 Å². The highest BCUT2D eigenvalue weighted by atomic mass is 16.5. The predicted molar refractivity (Wildman–Crippen MR) is 84.9 cm³/mol. The molecule has 0 amide bonds. The van der Waals surface area contributed by atoms with E-state index in [1.54, 1.807) is 26.8 Å². The molecule has 1 rings (SSSR count). The molecule has 0 unspecified atom stereocenters. The summed E-state index contributed by atoms with van der Waals surface area (Å²) in [6, 6.07) is 3.13. The van der Waals surface area contributed by atoms with Gasteiger partial charge in [0.25, 0.3) is 0 Å². The van der Waals surface area contributed by atoms with Gasteiger partial charge in [0.1, 0.15) is 24.4 Å². The molecule has 23 heavy (non-hydrogen) atoms. The maximum atomic E-state index is 11.6. The lowest BCUT2D eigenvalue weighted by Crippen LogP contribution is -2.13. The van der Waals surface area contributed by atoms with Gasteiger partial charge in [-0.15, -0.1) is 0 Å².